The summed E-state index contributed by atoms with van der Waals surface area (Å²) in [5, 5.41) is 3.77. The summed E-state index contributed by atoms with van der Waals surface area (Å²) in [6.45, 7) is 1.74. The Morgan fingerprint density at radius 1 is 1.36 bits per heavy atom. The lowest BCUT2D eigenvalue weighted by Gasteiger charge is -2.07. The van der Waals surface area contributed by atoms with E-state index in [0.29, 0.717) is 21.7 Å². The van der Waals surface area contributed by atoms with Crippen molar-refractivity contribution in [1.29, 1.82) is 0 Å². The van der Waals surface area contributed by atoms with E-state index < -0.39 is 0 Å². The van der Waals surface area contributed by atoms with Crippen LogP contribution in [0.15, 0.2) is 41.5 Å². The molecule has 0 fully saturated rings. The van der Waals surface area contributed by atoms with Gasteiger partial charge in [0.05, 0.1) is 5.39 Å². The Balaban J connectivity index is 1.80. The molecule has 6 nitrogen and oxygen atoms in total. The summed E-state index contributed by atoms with van der Waals surface area (Å²) in [4.78, 5) is 31.4. The van der Waals surface area contributed by atoms with Crippen molar-refractivity contribution in [1.82, 2.24) is 14.5 Å². The number of aromatic nitrogens is 3. The Bertz CT molecular complexity index is 896. The van der Waals surface area contributed by atoms with Gasteiger partial charge in [-0.25, -0.2) is 4.98 Å². The SMILES string of the molecule is Cc1cc2c(=O)n(CC(=O)Nc3ccc(Cl)cc3)cnc2[nH]1. The second-order valence-corrected chi connectivity index (χ2v) is 5.38. The minimum absolute atomic E-state index is 0.103. The van der Waals surface area contributed by atoms with Gasteiger partial charge in [-0.1, -0.05) is 11.6 Å². The van der Waals surface area contributed by atoms with Gasteiger partial charge in [-0.2, -0.15) is 0 Å². The van der Waals surface area contributed by atoms with E-state index in [0.717, 1.165) is 5.69 Å². The van der Waals surface area contributed by atoms with E-state index >= 15 is 0 Å². The Morgan fingerprint density at radius 2 is 2.09 bits per heavy atom. The monoisotopic (exact) mass is 316 g/mol. The van der Waals surface area contributed by atoms with E-state index in [1.54, 1.807) is 30.3 Å². The largest absolute Gasteiger partial charge is 0.343 e. The van der Waals surface area contributed by atoms with Crippen LogP contribution in [0.3, 0.4) is 0 Å². The lowest BCUT2D eigenvalue weighted by Crippen LogP contribution is -2.27. The molecule has 1 aromatic carbocycles. The number of hydrogen-bond donors (Lipinski definition) is 2. The molecule has 0 aliphatic heterocycles. The molecule has 0 unspecified atom stereocenters. The van der Waals surface area contributed by atoms with Crippen molar-refractivity contribution in [3.63, 3.8) is 0 Å². The van der Waals surface area contributed by atoms with E-state index in [-0.39, 0.29) is 18.0 Å². The lowest BCUT2D eigenvalue weighted by molar-refractivity contribution is -0.116. The molecule has 0 bridgehead atoms. The first kappa shape index (κ1) is 14.3. The number of benzene rings is 1. The Hall–Kier alpha value is -2.60. The standard InChI is InChI=1S/C15H13ClN4O2/c1-9-6-12-14(18-9)17-8-20(15(12)22)7-13(21)19-11-4-2-10(16)3-5-11/h2-6,8,18H,7H2,1H3,(H,19,21). The zero-order valence-electron chi connectivity index (χ0n) is 11.8. The van der Waals surface area contributed by atoms with Gasteiger partial charge in [0.2, 0.25) is 5.91 Å². The van der Waals surface area contributed by atoms with E-state index in [4.69, 9.17) is 11.6 Å². The maximum Gasteiger partial charge on any atom is 0.263 e. The summed E-state index contributed by atoms with van der Waals surface area (Å²) in [7, 11) is 0. The van der Waals surface area contributed by atoms with Crippen LogP contribution in [0.5, 0.6) is 0 Å². The fraction of sp³-hybridized carbons (Fsp3) is 0.133. The number of amides is 1. The fourth-order valence-electron chi connectivity index (χ4n) is 2.18. The summed E-state index contributed by atoms with van der Waals surface area (Å²) in [5.74, 6) is -0.308. The van der Waals surface area contributed by atoms with E-state index in [1.807, 2.05) is 6.92 Å². The van der Waals surface area contributed by atoms with Crippen LogP contribution in [-0.4, -0.2) is 20.4 Å². The van der Waals surface area contributed by atoms with Crippen molar-refractivity contribution in [3.05, 3.63) is 57.7 Å². The van der Waals surface area contributed by atoms with Gasteiger partial charge in [0, 0.05) is 16.4 Å². The van der Waals surface area contributed by atoms with Crippen molar-refractivity contribution in [2.45, 2.75) is 13.5 Å². The highest BCUT2D eigenvalue weighted by Gasteiger charge is 2.10. The molecular formula is C15H13ClN4O2. The smallest absolute Gasteiger partial charge is 0.263 e. The molecule has 0 spiro atoms. The Kier molecular flexibility index (Phi) is 3.68. The number of nitrogens with zero attached hydrogens (tertiary/aromatic N) is 2. The van der Waals surface area contributed by atoms with E-state index in [9.17, 15) is 9.59 Å². The third-order valence-corrected chi connectivity index (χ3v) is 3.44. The Labute approximate surface area is 130 Å². The molecule has 2 N–H and O–H groups in total. The number of H-pyrrole nitrogens is 1. The molecule has 7 heteroatoms. The van der Waals surface area contributed by atoms with Gasteiger partial charge in [0.15, 0.2) is 0 Å². The van der Waals surface area contributed by atoms with Crippen molar-refractivity contribution < 1.29 is 4.79 Å². The molecule has 0 saturated heterocycles. The van der Waals surface area contributed by atoms with Gasteiger partial charge in [0.1, 0.15) is 18.5 Å². The van der Waals surface area contributed by atoms with Crippen molar-refractivity contribution in [3.8, 4) is 0 Å². The molecule has 3 rings (SSSR count). The first-order chi connectivity index (χ1) is 10.5. The number of nitrogens with one attached hydrogen (secondary N) is 2. The van der Waals surface area contributed by atoms with Crippen LogP contribution in [0.4, 0.5) is 5.69 Å². The summed E-state index contributed by atoms with van der Waals surface area (Å²) >= 11 is 5.79. The molecule has 0 radical (unpaired) electrons. The number of anilines is 1. The minimum Gasteiger partial charge on any atom is -0.343 e. The normalized spacial score (nSPS) is 10.8. The quantitative estimate of drug-likeness (QED) is 0.778. The molecule has 2 aromatic heterocycles. The number of halogens is 1. The molecule has 0 aliphatic carbocycles. The van der Waals surface area contributed by atoms with Crippen molar-refractivity contribution in [2.75, 3.05) is 5.32 Å². The maximum atomic E-state index is 12.3. The highest BCUT2D eigenvalue weighted by molar-refractivity contribution is 6.30. The van der Waals surface area contributed by atoms with Gasteiger partial charge in [0.25, 0.3) is 5.56 Å². The maximum absolute atomic E-state index is 12.3. The first-order valence-electron chi connectivity index (χ1n) is 6.63. The molecule has 1 amide bonds. The molecule has 2 heterocycles. The molecule has 3 aromatic rings. The summed E-state index contributed by atoms with van der Waals surface area (Å²) in [6, 6.07) is 8.47. The fourth-order valence-corrected chi connectivity index (χ4v) is 2.30. The highest BCUT2D eigenvalue weighted by atomic mass is 35.5. The molecular weight excluding hydrogens is 304 g/mol. The number of aryl methyl sites for hydroxylation is 1. The molecule has 22 heavy (non-hydrogen) atoms. The van der Waals surface area contributed by atoms with Crippen molar-refractivity contribution >= 4 is 34.2 Å². The molecule has 112 valence electrons. The third kappa shape index (κ3) is 2.87. The number of carbonyl (C=O) groups is 1. The predicted octanol–water partition coefficient (Wildman–Crippen LogP) is 2.33. The number of rotatable bonds is 3. The van der Waals surface area contributed by atoms with Gasteiger partial charge < -0.3 is 10.3 Å². The lowest BCUT2D eigenvalue weighted by atomic mass is 10.3. The number of carbonyl (C=O) groups excluding carboxylic acids is 1. The van der Waals surface area contributed by atoms with Crippen LogP contribution in [-0.2, 0) is 11.3 Å². The summed E-state index contributed by atoms with van der Waals surface area (Å²) < 4.78 is 1.28. The van der Waals surface area contributed by atoms with Crippen LogP contribution in [0.1, 0.15) is 5.69 Å². The van der Waals surface area contributed by atoms with E-state index in [2.05, 4.69) is 15.3 Å². The first-order valence-corrected chi connectivity index (χ1v) is 7.01. The van der Waals surface area contributed by atoms with E-state index in [1.165, 1.54) is 10.9 Å². The van der Waals surface area contributed by atoms with Crippen LogP contribution in [0.2, 0.25) is 5.02 Å². The zero-order valence-corrected chi connectivity index (χ0v) is 12.5. The molecule has 0 aliphatic rings. The van der Waals surface area contributed by atoms with Crippen LogP contribution < -0.4 is 10.9 Å². The number of hydrogen-bond acceptors (Lipinski definition) is 3. The van der Waals surface area contributed by atoms with Gasteiger partial charge >= 0.3 is 0 Å². The number of aromatic amines is 1. The van der Waals surface area contributed by atoms with Gasteiger partial charge in [-0.15, -0.1) is 0 Å². The molecule has 0 atom stereocenters. The highest BCUT2D eigenvalue weighted by Crippen LogP contribution is 2.13. The number of fused-ring (bicyclic) bond motifs is 1. The average Bonchev–Trinajstić information content (AvgIpc) is 2.86. The second kappa shape index (κ2) is 5.65. The minimum atomic E-state index is -0.308. The molecule has 0 saturated carbocycles. The van der Waals surface area contributed by atoms with Gasteiger partial charge in [-0.3, -0.25) is 14.2 Å². The van der Waals surface area contributed by atoms with Crippen LogP contribution in [0, 0.1) is 6.92 Å². The van der Waals surface area contributed by atoms with Crippen molar-refractivity contribution in [2.24, 2.45) is 0 Å². The second-order valence-electron chi connectivity index (χ2n) is 4.95. The van der Waals surface area contributed by atoms with Gasteiger partial charge in [-0.05, 0) is 37.3 Å². The predicted molar refractivity (Wildman–Crippen MR) is 85.2 cm³/mol. The summed E-state index contributed by atoms with van der Waals surface area (Å²) in [6.07, 6.45) is 1.36. The average molecular weight is 317 g/mol. The van der Waals surface area contributed by atoms with Crippen LogP contribution >= 0.6 is 11.6 Å². The summed E-state index contributed by atoms with van der Waals surface area (Å²) in [5.41, 5.74) is 1.74. The zero-order chi connectivity index (χ0) is 15.7. The van der Waals surface area contributed by atoms with Crippen LogP contribution in [0.25, 0.3) is 11.0 Å². The third-order valence-electron chi connectivity index (χ3n) is 3.19. The topological polar surface area (TPSA) is 79.8 Å². The Morgan fingerprint density at radius 3 is 2.82 bits per heavy atom.